The van der Waals surface area contributed by atoms with E-state index in [9.17, 15) is 4.79 Å². The van der Waals surface area contributed by atoms with Gasteiger partial charge in [-0.05, 0) is 118 Å². The minimum atomic E-state index is -0.0401. The Morgan fingerprint density at radius 3 is 2.45 bits per heavy atom. The molecule has 3 aliphatic rings. The number of nitrogens with zero attached hydrogens (tertiary/aromatic N) is 2. The second kappa shape index (κ2) is 13.5. The number of carbonyl (C=O) groups excluding carboxylic acids is 1. The number of benzene rings is 3. The maximum absolute atomic E-state index is 14.0. The molecular weight excluding hydrogens is 548 g/mol. The predicted octanol–water partition coefficient (Wildman–Crippen LogP) is 6.37. The van der Waals surface area contributed by atoms with Crippen LogP contribution in [0.5, 0.6) is 17.2 Å². The number of rotatable bonds is 10. The molecule has 6 rings (SSSR count). The molecule has 3 fully saturated rings. The van der Waals surface area contributed by atoms with Gasteiger partial charge in [0, 0.05) is 25.2 Å². The quantitative estimate of drug-likeness (QED) is 0.210. The molecule has 234 valence electrons. The largest absolute Gasteiger partial charge is 0.509 e. The number of piperidine rings is 1. The summed E-state index contributed by atoms with van der Waals surface area (Å²) in [5, 5.41) is 3.60. The summed E-state index contributed by atoms with van der Waals surface area (Å²) in [6.07, 6.45) is 6.08. The van der Waals surface area contributed by atoms with Crippen LogP contribution in [0.15, 0.2) is 54.6 Å². The number of nitrogen functional groups attached to an aromatic ring is 1. The number of ether oxygens (including phenoxy) is 2. The molecular formula is C37H47N4O3-. The van der Waals surface area contributed by atoms with E-state index in [1.54, 1.807) is 19.2 Å². The summed E-state index contributed by atoms with van der Waals surface area (Å²) < 4.78 is 12.0. The van der Waals surface area contributed by atoms with Crippen LogP contribution in [0.25, 0.3) is 0 Å². The van der Waals surface area contributed by atoms with Gasteiger partial charge in [0.2, 0.25) is 0 Å². The fourth-order valence-corrected chi connectivity index (χ4v) is 7.14. The van der Waals surface area contributed by atoms with E-state index < -0.39 is 0 Å². The smallest absolute Gasteiger partial charge is 0.254 e. The molecule has 3 aromatic rings. The summed E-state index contributed by atoms with van der Waals surface area (Å²) >= 11 is 0. The van der Waals surface area contributed by atoms with Gasteiger partial charge in [-0.3, -0.25) is 4.79 Å². The van der Waals surface area contributed by atoms with Gasteiger partial charge < -0.3 is 30.3 Å². The number of amides is 1. The number of carbonyl (C=O) groups is 1. The highest BCUT2D eigenvalue weighted by molar-refractivity contribution is 5.95. The third-order valence-corrected chi connectivity index (χ3v) is 9.79. The Kier molecular flexibility index (Phi) is 9.33. The lowest BCUT2D eigenvalue weighted by Gasteiger charge is -2.44. The van der Waals surface area contributed by atoms with Crippen molar-refractivity contribution in [1.82, 2.24) is 15.1 Å². The highest BCUT2D eigenvalue weighted by atomic mass is 16.5. The van der Waals surface area contributed by atoms with E-state index in [2.05, 4.69) is 42.3 Å². The van der Waals surface area contributed by atoms with E-state index >= 15 is 0 Å². The Hall–Kier alpha value is -3.68. The molecule has 1 aliphatic carbocycles. The first-order chi connectivity index (χ1) is 21.4. The van der Waals surface area contributed by atoms with Crippen molar-refractivity contribution in [3.63, 3.8) is 0 Å². The average Bonchev–Trinajstić information content (AvgIpc) is 3.55. The number of aryl methyl sites for hydroxylation is 2. The van der Waals surface area contributed by atoms with E-state index in [1.165, 1.54) is 36.3 Å². The Morgan fingerprint density at radius 1 is 0.977 bits per heavy atom. The molecule has 2 saturated heterocycles. The lowest BCUT2D eigenvalue weighted by Crippen LogP contribution is -2.41. The number of hydrogen-bond donors (Lipinski definition) is 2. The van der Waals surface area contributed by atoms with Gasteiger partial charge in [-0.15, -0.1) is 12.1 Å². The van der Waals surface area contributed by atoms with Crippen molar-refractivity contribution in [1.29, 1.82) is 0 Å². The standard InChI is InChI=1S/C37H47N4O3/c1-25-6-10-33(16-26(25)2)44-35-11-9-30(20-34(35)38)37(42)41(15-14-40-12-4-5-13-40)24-31-8-7-29(21-36(31)43-3)32-18-27-17-28(19-32)23-39-22-27/h6-11,16,20-21,27-28,39H,4-5,12-15,17-19,22-24,38H2,1-3H3/q-1/t27-,28?/m0/s1. The van der Waals surface area contributed by atoms with Crippen molar-refractivity contribution < 1.29 is 14.3 Å². The maximum Gasteiger partial charge on any atom is 0.254 e. The van der Waals surface area contributed by atoms with Crippen LogP contribution in [-0.4, -0.2) is 62.1 Å². The van der Waals surface area contributed by atoms with Gasteiger partial charge in [0.15, 0.2) is 0 Å². The van der Waals surface area contributed by atoms with E-state index in [0.717, 1.165) is 80.0 Å². The summed E-state index contributed by atoms with van der Waals surface area (Å²) in [6, 6.07) is 17.9. The van der Waals surface area contributed by atoms with Gasteiger partial charge in [-0.1, -0.05) is 18.9 Å². The fraction of sp³-hybridized carbons (Fsp3) is 0.459. The van der Waals surface area contributed by atoms with Crippen molar-refractivity contribution >= 4 is 11.6 Å². The number of anilines is 1. The SMILES string of the molecule is COc1cc([C-]2CC3CNC[C@H](C2)C3)ccc1CN(CCN1CCCC1)C(=O)c1ccc(Oc2ccc(C)c(C)c2)c(N)c1. The van der Waals surface area contributed by atoms with E-state index in [1.807, 2.05) is 29.2 Å². The van der Waals surface area contributed by atoms with Crippen molar-refractivity contribution in [2.24, 2.45) is 11.8 Å². The number of nitrogens with one attached hydrogen (secondary N) is 1. The topological polar surface area (TPSA) is 80.1 Å². The van der Waals surface area contributed by atoms with Crippen LogP contribution < -0.4 is 20.5 Å². The molecule has 3 N–H and O–H groups in total. The molecule has 7 heteroatoms. The molecule has 0 radical (unpaired) electrons. The van der Waals surface area contributed by atoms with Crippen LogP contribution in [0.2, 0.25) is 0 Å². The first-order valence-electron chi connectivity index (χ1n) is 16.2. The Labute approximate surface area is 262 Å². The number of likely N-dealkylation sites (tertiary alicyclic amines) is 1. The van der Waals surface area contributed by atoms with Crippen LogP contribution in [0.3, 0.4) is 0 Å². The van der Waals surface area contributed by atoms with E-state index in [0.29, 0.717) is 30.1 Å². The van der Waals surface area contributed by atoms with E-state index in [4.69, 9.17) is 15.2 Å². The Morgan fingerprint density at radius 2 is 1.75 bits per heavy atom. The summed E-state index contributed by atoms with van der Waals surface area (Å²) in [7, 11) is 1.73. The van der Waals surface area contributed by atoms with Crippen LogP contribution in [0.1, 0.15) is 64.7 Å². The van der Waals surface area contributed by atoms with Gasteiger partial charge in [-0.25, -0.2) is 0 Å². The molecule has 1 amide bonds. The summed E-state index contributed by atoms with van der Waals surface area (Å²) in [5.74, 6) is 5.08. The molecule has 1 saturated carbocycles. The number of methoxy groups -OCH3 is 1. The summed E-state index contributed by atoms with van der Waals surface area (Å²) in [4.78, 5) is 18.4. The molecule has 2 atom stereocenters. The third kappa shape index (κ3) is 7.00. The molecule has 2 heterocycles. The zero-order valence-corrected chi connectivity index (χ0v) is 26.5. The number of nitrogens with two attached hydrogens (primary N) is 1. The predicted molar refractivity (Wildman–Crippen MR) is 176 cm³/mol. The fourth-order valence-electron chi connectivity index (χ4n) is 7.14. The highest BCUT2D eigenvalue weighted by Crippen LogP contribution is 2.41. The van der Waals surface area contributed by atoms with Crippen molar-refractivity contribution in [2.75, 3.05) is 52.1 Å². The average molecular weight is 596 g/mol. The monoisotopic (exact) mass is 595 g/mol. The van der Waals surface area contributed by atoms with Crippen LogP contribution in [0, 0.1) is 31.6 Å². The Bertz CT molecular complexity index is 1460. The Balaban J connectivity index is 1.20. The van der Waals surface area contributed by atoms with Crippen LogP contribution in [0.4, 0.5) is 5.69 Å². The highest BCUT2D eigenvalue weighted by Gasteiger charge is 2.29. The summed E-state index contributed by atoms with van der Waals surface area (Å²) in [5.41, 5.74) is 12.1. The van der Waals surface area contributed by atoms with Crippen molar-refractivity contribution in [2.45, 2.75) is 52.5 Å². The minimum absolute atomic E-state index is 0.0401. The normalized spacial score (nSPS) is 20.0. The molecule has 0 aromatic heterocycles. The molecule has 1 unspecified atom stereocenters. The molecule has 44 heavy (non-hydrogen) atoms. The number of fused-ring (bicyclic) bond motifs is 2. The lowest BCUT2D eigenvalue weighted by molar-refractivity contribution is 0.0726. The minimum Gasteiger partial charge on any atom is -0.509 e. The van der Waals surface area contributed by atoms with Crippen LogP contribution >= 0.6 is 0 Å². The second-order valence-electron chi connectivity index (χ2n) is 13.0. The van der Waals surface area contributed by atoms with Gasteiger partial charge in [0.05, 0.1) is 18.5 Å². The first-order valence-corrected chi connectivity index (χ1v) is 16.2. The molecule has 0 spiro atoms. The third-order valence-electron chi connectivity index (χ3n) is 9.79. The molecule has 7 nitrogen and oxygen atoms in total. The van der Waals surface area contributed by atoms with Crippen LogP contribution in [-0.2, 0) is 6.54 Å². The first kappa shape index (κ1) is 30.4. The zero-order valence-electron chi connectivity index (χ0n) is 26.5. The zero-order chi connectivity index (χ0) is 30.6. The molecule has 3 aromatic carbocycles. The van der Waals surface area contributed by atoms with Gasteiger partial charge in [0.1, 0.15) is 11.5 Å². The number of hydrogen-bond acceptors (Lipinski definition) is 6. The lowest BCUT2D eigenvalue weighted by atomic mass is 9.71. The van der Waals surface area contributed by atoms with E-state index in [-0.39, 0.29) is 5.91 Å². The van der Waals surface area contributed by atoms with Gasteiger partial charge in [-0.2, -0.15) is 17.5 Å². The summed E-state index contributed by atoms with van der Waals surface area (Å²) in [6.45, 7) is 10.5. The second-order valence-corrected chi connectivity index (χ2v) is 13.0. The van der Waals surface area contributed by atoms with Crippen molar-refractivity contribution in [3.05, 3.63) is 88.3 Å². The van der Waals surface area contributed by atoms with Crippen molar-refractivity contribution in [3.8, 4) is 17.2 Å². The van der Waals surface area contributed by atoms with Gasteiger partial charge >= 0.3 is 0 Å². The molecule has 2 bridgehead atoms. The van der Waals surface area contributed by atoms with Gasteiger partial charge in [0.25, 0.3) is 5.91 Å². The molecule has 2 aliphatic heterocycles. The maximum atomic E-state index is 14.0.